The van der Waals surface area contributed by atoms with E-state index in [0.717, 1.165) is 51.2 Å². The number of hydrogen-bond donors (Lipinski definition) is 0. The van der Waals surface area contributed by atoms with E-state index >= 15 is 0 Å². The predicted octanol–water partition coefficient (Wildman–Crippen LogP) is 6.35. The lowest BCUT2D eigenvalue weighted by molar-refractivity contribution is 0.414. The molecule has 0 fully saturated rings. The van der Waals surface area contributed by atoms with E-state index in [1.54, 1.807) is 7.11 Å². The van der Waals surface area contributed by atoms with Gasteiger partial charge in [0.15, 0.2) is 4.80 Å². The second kappa shape index (κ2) is 9.67. The summed E-state index contributed by atoms with van der Waals surface area (Å²) in [5.74, 6) is 2.16. The SMILES string of the molecule is COc1ccc([C@H]2C3=C(N=c4s/c(=C\c5ccc(-c6cccc(Br)c6)o5)c(=O)n42)c2ccccc2CC3)cc1. The molecule has 1 aliphatic heterocycles. The zero-order chi connectivity index (χ0) is 26.5. The molecule has 0 saturated carbocycles. The minimum atomic E-state index is -0.230. The van der Waals surface area contributed by atoms with Crippen molar-refractivity contribution < 1.29 is 9.15 Å². The van der Waals surface area contributed by atoms with Crippen molar-refractivity contribution in [2.75, 3.05) is 7.11 Å². The van der Waals surface area contributed by atoms with Gasteiger partial charge in [-0.05, 0) is 65.9 Å². The number of ether oxygens (including phenoxy) is 1. The van der Waals surface area contributed by atoms with E-state index < -0.39 is 0 Å². The molecule has 0 unspecified atom stereocenters. The van der Waals surface area contributed by atoms with Crippen LogP contribution in [0.4, 0.5) is 0 Å². The second-order valence-electron chi connectivity index (χ2n) is 9.60. The number of furan rings is 1. The van der Waals surface area contributed by atoms with Crippen LogP contribution in [0.2, 0.25) is 0 Å². The molecule has 3 aromatic carbocycles. The first-order valence-corrected chi connectivity index (χ1v) is 14.3. The van der Waals surface area contributed by atoms with Gasteiger partial charge in [-0.2, -0.15) is 0 Å². The normalized spacial score (nSPS) is 16.4. The van der Waals surface area contributed by atoms with Gasteiger partial charge in [0.1, 0.15) is 17.3 Å². The molecule has 0 bridgehead atoms. The van der Waals surface area contributed by atoms with Gasteiger partial charge in [0.05, 0.1) is 23.4 Å². The number of benzene rings is 3. The Morgan fingerprint density at radius 1 is 1.03 bits per heavy atom. The molecular weight excluding hydrogens is 572 g/mol. The van der Waals surface area contributed by atoms with Crippen LogP contribution in [0, 0.1) is 0 Å². The van der Waals surface area contributed by atoms with E-state index in [4.69, 9.17) is 14.1 Å². The Labute approximate surface area is 237 Å². The molecule has 1 atom stereocenters. The van der Waals surface area contributed by atoms with Crippen LogP contribution in [0.25, 0.3) is 23.1 Å². The molecule has 5 nitrogen and oxygen atoms in total. The average Bonchev–Trinajstić information content (AvgIpc) is 3.56. The molecule has 7 rings (SSSR count). The molecule has 3 heterocycles. The molecule has 0 saturated heterocycles. The Bertz CT molecular complexity index is 1950. The van der Waals surface area contributed by atoms with Crippen molar-refractivity contribution >= 4 is 39.0 Å². The minimum Gasteiger partial charge on any atom is -0.497 e. The molecule has 39 heavy (non-hydrogen) atoms. The third kappa shape index (κ3) is 4.22. The number of hydrogen-bond acceptors (Lipinski definition) is 5. The number of thiazole rings is 1. The Kier molecular flexibility index (Phi) is 5.98. The molecular formula is C32H23BrN2O3S. The lowest BCUT2D eigenvalue weighted by Gasteiger charge is -2.30. The van der Waals surface area contributed by atoms with Gasteiger partial charge in [0.25, 0.3) is 5.56 Å². The molecule has 2 aromatic heterocycles. The van der Waals surface area contributed by atoms with Crippen LogP contribution in [-0.2, 0) is 6.42 Å². The summed E-state index contributed by atoms with van der Waals surface area (Å²) in [5, 5.41) is 0. The third-order valence-corrected chi connectivity index (χ3v) is 8.79. The fraction of sp³-hybridized carbons (Fsp3) is 0.125. The van der Waals surface area contributed by atoms with Crippen LogP contribution in [-0.4, -0.2) is 11.7 Å². The summed E-state index contributed by atoms with van der Waals surface area (Å²) in [6.07, 6.45) is 3.60. The van der Waals surface area contributed by atoms with Gasteiger partial charge in [-0.3, -0.25) is 9.36 Å². The van der Waals surface area contributed by atoms with Crippen molar-refractivity contribution in [1.82, 2.24) is 4.57 Å². The molecule has 5 aromatic rings. The van der Waals surface area contributed by atoms with Gasteiger partial charge in [0, 0.05) is 21.7 Å². The van der Waals surface area contributed by atoms with Crippen LogP contribution >= 0.6 is 27.3 Å². The number of methoxy groups -OCH3 is 1. The first kappa shape index (κ1) is 24.1. The van der Waals surface area contributed by atoms with Crippen LogP contribution in [0.3, 0.4) is 0 Å². The maximum atomic E-state index is 14.0. The number of rotatable bonds is 4. The lowest BCUT2D eigenvalue weighted by atomic mass is 9.83. The van der Waals surface area contributed by atoms with Crippen molar-refractivity contribution in [3.05, 3.63) is 137 Å². The Balaban J connectivity index is 1.39. The zero-order valence-electron chi connectivity index (χ0n) is 21.1. The van der Waals surface area contributed by atoms with Crippen molar-refractivity contribution in [3.8, 4) is 17.1 Å². The highest BCUT2D eigenvalue weighted by Crippen LogP contribution is 2.41. The van der Waals surface area contributed by atoms with Crippen LogP contribution in [0.5, 0.6) is 5.75 Å². The van der Waals surface area contributed by atoms with Gasteiger partial charge in [0.2, 0.25) is 0 Å². The highest BCUT2D eigenvalue weighted by molar-refractivity contribution is 9.10. The second-order valence-corrected chi connectivity index (χ2v) is 11.5. The van der Waals surface area contributed by atoms with E-state index in [0.29, 0.717) is 15.1 Å². The standard InChI is InChI=1S/C32H23BrN2O3S/c1-37-23-12-9-20(10-13-23)30-26-15-11-19-5-2-3-8-25(19)29(26)34-32-35(30)31(36)28(39-32)18-24-14-16-27(38-24)21-6-4-7-22(33)17-21/h2-10,12-14,16-18,30H,11,15H2,1H3/b28-18-/t30-/m0/s1. The van der Waals surface area contributed by atoms with Crippen molar-refractivity contribution in [3.63, 3.8) is 0 Å². The van der Waals surface area contributed by atoms with Gasteiger partial charge >= 0.3 is 0 Å². The Hall–Kier alpha value is -3.94. The maximum Gasteiger partial charge on any atom is 0.271 e. The number of allylic oxidation sites excluding steroid dienone is 1. The quantitative estimate of drug-likeness (QED) is 0.243. The van der Waals surface area contributed by atoms with E-state index in [9.17, 15) is 4.79 Å². The monoisotopic (exact) mass is 594 g/mol. The fourth-order valence-electron chi connectivity index (χ4n) is 5.47. The number of aryl methyl sites for hydroxylation is 1. The van der Waals surface area contributed by atoms with Crippen molar-refractivity contribution in [1.29, 1.82) is 0 Å². The van der Waals surface area contributed by atoms with Gasteiger partial charge in [-0.25, -0.2) is 4.99 Å². The highest BCUT2D eigenvalue weighted by atomic mass is 79.9. The summed E-state index contributed by atoms with van der Waals surface area (Å²) in [5.41, 5.74) is 6.55. The summed E-state index contributed by atoms with van der Waals surface area (Å²) in [6, 6.07) is 28.0. The fourth-order valence-corrected chi connectivity index (χ4v) is 6.85. The zero-order valence-corrected chi connectivity index (χ0v) is 23.5. The molecule has 7 heteroatoms. The van der Waals surface area contributed by atoms with E-state index in [1.807, 2.05) is 71.3 Å². The Morgan fingerprint density at radius 3 is 2.69 bits per heavy atom. The summed E-state index contributed by atoms with van der Waals surface area (Å²) in [7, 11) is 1.66. The Morgan fingerprint density at radius 2 is 1.87 bits per heavy atom. The first-order valence-electron chi connectivity index (χ1n) is 12.7. The minimum absolute atomic E-state index is 0.0645. The molecule has 1 aliphatic carbocycles. The third-order valence-electron chi connectivity index (χ3n) is 7.31. The summed E-state index contributed by atoms with van der Waals surface area (Å²) >= 11 is 4.92. The number of aromatic nitrogens is 1. The van der Waals surface area contributed by atoms with E-state index in [2.05, 4.69) is 40.2 Å². The smallest absolute Gasteiger partial charge is 0.271 e. The van der Waals surface area contributed by atoms with Gasteiger partial charge in [-0.15, -0.1) is 0 Å². The van der Waals surface area contributed by atoms with Crippen LogP contribution < -0.4 is 19.6 Å². The van der Waals surface area contributed by atoms with Crippen LogP contribution in [0.1, 0.15) is 34.9 Å². The predicted molar refractivity (Wildman–Crippen MR) is 158 cm³/mol. The van der Waals surface area contributed by atoms with E-state index in [1.165, 1.54) is 22.5 Å². The summed E-state index contributed by atoms with van der Waals surface area (Å²) in [4.78, 5) is 19.7. The molecule has 0 N–H and O–H groups in total. The molecule has 0 amide bonds. The number of nitrogens with zero attached hydrogens (tertiary/aromatic N) is 2. The van der Waals surface area contributed by atoms with Crippen molar-refractivity contribution in [2.45, 2.75) is 18.9 Å². The van der Waals surface area contributed by atoms with Gasteiger partial charge in [-0.1, -0.05) is 75.8 Å². The summed E-state index contributed by atoms with van der Waals surface area (Å²) < 4.78 is 14.9. The molecule has 0 spiro atoms. The number of fused-ring (bicyclic) bond motifs is 3. The van der Waals surface area contributed by atoms with Gasteiger partial charge < -0.3 is 9.15 Å². The average molecular weight is 596 g/mol. The molecule has 0 radical (unpaired) electrons. The van der Waals surface area contributed by atoms with Crippen molar-refractivity contribution in [2.24, 2.45) is 4.99 Å². The van der Waals surface area contributed by atoms with Crippen LogP contribution in [0.15, 0.2) is 109 Å². The topological polar surface area (TPSA) is 56.7 Å². The molecule has 192 valence electrons. The first-order chi connectivity index (χ1) is 19.1. The number of halogens is 1. The lowest BCUT2D eigenvalue weighted by Crippen LogP contribution is -2.38. The largest absolute Gasteiger partial charge is 0.497 e. The van der Waals surface area contributed by atoms with E-state index in [-0.39, 0.29) is 11.6 Å². The maximum absolute atomic E-state index is 14.0. The summed E-state index contributed by atoms with van der Waals surface area (Å²) in [6.45, 7) is 0. The molecule has 2 aliphatic rings. The highest BCUT2D eigenvalue weighted by Gasteiger charge is 2.32.